The Balaban J connectivity index is 1.58. The van der Waals surface area contributed by atoms with E-state index < -0.39 is 0 Å². The van der Waals surface area contributed by atoms with Crippen LogP contribution in [-0.4, -0.2) is 55.1 Å². The van der Waals surface area contributed by atoms with Crippen molar-refractivity contribution in [1.82, 2.24) is 15.1 Å². The molecule has 3 nitrogen and oxygen atoms in total. The topological polar surface area (TPSA) is 18.5 Å². The predicted molar refractivity (Wildman–Crippen MR) is 82.2 cm³/mol. The number of nitrogens with zero attached hydrogens (tertiary/aromatic N) is 2. The van der Waals surface area contributed by atoms with Gasteiger partial charge in [-0.05, 0) is 24.6 Å². The van der Waals surface area contributed by atoms with Crippen molar-refractivity contribution in [3.63, 3.8) is 0 Å². The van der Waals surface area contributed by atoms with E-state index in [1.807, 2.05) is 6.07 Å². The highest BCUT2D eigenvalue weighted by Crippen LogP contribution is 2.21. The third-order valence-corrected chi connectivity index (χ3v) is 4.81. The lowest BCUT2D eigenvalue weighted by atomic mass is 10.2. The minimum Gasteiger partial charge on any atom is -0.314 e. The minimum absolute atomic E-state index is 0.0983. The molecule has 110 valence electrons. The Bertz CT molecular complexity index is 462. The zero-order chi connectivity index (χ0) is 13.9. The molecule has 2 aliphatic rings. The molecule has 0 bridgehead atoms. The third-order valence-electron chi connectivity index (χ3n) is 4.32. The molecule has 5 heteroatoms. The van der Waals surface area contributed by atoms with Gasteiger partial charge in [-0.2, -0.15) is 0 Å². The summed E-state index contributed by atoms with van der Waals surface area (Å²) in [6.45, 7) is 7.32. The molecule has 1 N–H and O–H groups in total. The van der Waals surface area contributed by atoms with Crippen molar-refractivity contribution in [3.8, 4) is 0 Å². The Labute approximate surface area is 128 Å². The van der Waals surface area contributed by atoms with E-state index >= 15 is 0 Å². The fraction of sp³-hybridized carbons (Fsp3) is 0.600. The highest BCUT2D eigenvalue weighted by Gasteiger charge is 2.28. The second-order valence-corrected chi connectivity index (χ2v) is 6.61. The van der Waals surface area contributed by atoms with E-state index in [1.165, 1.54) is 6.42 Å². The van der Waals surface area contributed by atoms with Gasteiger partial charge >= 0.3 is 0 Å². The largest absolute Gasteiger partial charge is 0.314 e. The molecule has 2 saturated heterocycles. The van der Waals surface area contributed by atoms with Crippen LogP contribution in [-0.2, 0) is 6.54 Å². The van der Waals surface area contributed by atoms with Crippen molar-refractivity contribution >= 4 is 15.9 Å². The number of likely N-dealkylation sites (tertiary alicyclic amines) is 1. The first kappa shape index (κ1) is 14.4. The van der Waals surface area contributed by atoms with E-state index in [1.54, 1.807) is 12.1 Å². The summed E-state index contributed by atoms with van der Waals surface area (Å²) in [6.07, 6.45) is 1.20. The lowest BCUT2D eigenvalue weighted by molar-refractivity contribution is 0.170. The zero-order valence-electron chi connectivity index (χ0n) is 11.6. The van der Waals surface area contributed by atoms with E-state index in [0.717, 1.165) is 49.3 Å². The molecule has 2 fully saturated rings. The van der Waals surface area contributed by atoms with E-state index in [2.05, 4.69) is 31.0 Å². The highest BCUT2D eigenvalue weighted by atomic mass is 79.9. The second-order valence-electron chi connectivity index (χ2n) is 5.70. The smallest absolute Gasteiger partial charge is 0.127 e. The van der Waals surface area contributed by atoms with Crippen molar-refractivity contribution in [2.75, 3.05) is 39.3 Å². The Kier molecular flexibility index (Phi) is 4.71. The van der Waals surface area contributed by atoms with Crippen molar-refractivity contribution in [3.05, 3.63) is 34.1 Å². The molecule has 0 aromatic heterocycles. The van der Waals surface area contributed by atoms with Gasteiger partial charge in [0.1, 0.15) is 5.82 Å². The average Bonchev–Trinajstić information content (AvgIpc) is 2.92. The van der Waals surface area contributed by atoms with Gasteiger partial charge in [-0.3, -0.25) is 9.80 Å². The lowest BCUT2D eigenvalue weighted by Crippen LogP contribution is -2.49. The van der Waals surface area contributed by atoms with Crippen LogP contribution in [0.25, 0.3) is 0 Å². The molecule has 1 atom stereocenters. The van der Waals surface area contributed by atoms with Crippen LogP contribution in [0.15, 0.2) is 22.7 Å². The first-order valence-electron chi connectivity index (χ1n) is 7.33. The van der Waals surface area contributed by atoms with Gasteiger partial charge in [0.25, 0.3) is 0 Å². The molecular weight excluding hydrogens is 321 g/mol. The Morgan fingerprint density at radius 1 is 1.25 bits per heavy atom. The number of halogens is 2. The summed E-state index contributed by atoms with van der Waals surface area (Å²) < 4.78 is 14.8. The van der Waals surface area contributed by atoms with Crippen LogP contribution in [0.4, 0.5) is 4.39 Å². The van der Waals surface area contributed by atoms with Gasteiger partial charge < -0.3 is 5.32 Å². The number of hydrogen-bond donors (Lipinski definition) is 1. The summed E-state index contributed by atoms with van der Waals surface area (Å²) in [6, 6.07) is 5.84. The van der Waals surface area contributed by atoms with Gasteiger partial charge in [0, 0.05) is 61.9 Å². The average molecular weight is 342 g/mol. The summed E-state index contributed by atoms with van der Waals surface area (Å²) in [5.41, 5.74) is 0.792. The molecule has 3 rings (SSSR count). The minimum atomic E-state index is -0.0983. The van der Waals surface area contributed by atoms with E-state index in [0.29, 0.717) is 12.6 Å². The molecular formula is C15H21BrFN3. The highest BCUT2D eigenvalue weighted by molar-refractivity contribution is 9.10. The first-order chi connectivity index (χ1) is 9.72. The standard InChI is InChI=1S/C15H21BrFN3/c16-13-1-2-15(17)12(9-13)10-19-6-3-14(11-19)20-7-4-18-5-8-20/h1-2,9,14,18H,3-8,10-11H2. The van der Waals surface area contributed by atoms with Gasteiger partial charge in [-0.1, -0.05) is 15.9 Å². The number of rotatable bonds is 3. The maximum Gasteiger partial charge on any atom is 0.127 e. The molecule has 0 radical (unpaired) electrons. The van der Waals surface area contributed by atoms with Gasteiger partial charge in [-0.25, -0.2) is 4.39 Å². The van der Waals surface area contributed by atoms with Gasteiger partial charge in [0.05, 0.1) is 0 Å². The van der Waals surface area contributed by atoms with Crippen LogP contribution in [0.3, 0.4) is 0 Å². The van der Waals surface area contributed by atoms with Crippen LogP contribution >= 0.6 is 15.9 Å². The van der Waals surface area contributed by atoms with Crippen LogP contribution in [0.2, 0.25) is 0 Å². The summed E-state index contributed by atoms with van der Waals surface area (Å²) in [5, 5.41) is 3.39. The number of benzene rings is 1. The lowest BCUT2D eigenvalue weighted by Gasteiger charge is -2.32. The molecule has 1 unspecified atom stereocenters. The van der Waals surface area contributed by atoms with Crippen LogP contribution in [0, 0.1) is 5.82 Å². The molecule has 2 heterocycles. The zero-order valence-corrected chi connectivity index (χ0v) is 13.2. The van der Waals surface area contributed by atoms with E-state index in [-0.39, 0.29) is 5.82 Å². The number of piperazine rings is 1. The SMILES string of the molecule is Fc1ccc(Br)cc1CN1CCC(N2CCNCC2)C1. The summed E-state index contributed by atoms with van der Waals surface area (Å²) in [7, 11) is 0. The van der Waals surface area contributed by atoms with Crippen molar-refractivity contribution in [2.24, 2.45) is 0 Å². The second kappa shape index (κ2) is 6.52. The fourth-order valence-electron chi connectivity index (χ4n) is 3.21. The third kappa shape index (κ3) is 3.39. The Morgan fingerprint density at radius 2 is 2.05 bits per heavy atom. The van der Waals surface area contributed by atoms with Crippen molar-refractivity contribution < 1.29 is 4.39 Å². The molecule has 0 amide bonds. The first-order valence-corrected chi connectivity index (χ1v) is 8.13. The van der Waals surface area contributed by atoms with Crippen molar-refractivity contribution in [1.29, 1.82) is 0 Å². The normalized spacial score (nSPS) is 25.2. The predicted octanol–water partition coefficient (Wildman–Crippen LogP) is 2.07. The molecule has 0 aliphatic carbocycles. The van der Waals surface area contributed by atoms with Gasteiger partial charge in [0.2, 0.25) is 0 Å². The maximum absolute atomic E-state index is 13.8. The van der Waals surface area contributed by atoms with Crippen LogP contribution < -0.4 is 5.32 Å². The molecule has 0 spiro atoms. The van der Waals surface area contributed by atoms with Gasteiger partial charge in [-0.15, -0.1) is 0 Å². The van der Waals surface area contributed by atoms with E-state index in [9.17, 15) is 4.39 Å². The Hall–Kier alpha value is -0.490. The number of nitrogens with one attached hydrogen (secondary N) is 1. The molecule has 1 aromatic rings. The fourth-order valence-corrected chi connectivity index (χ4v) is 3.62. The van der Waals surface area contributed by atoms with Gasteiger partial charge in [0.15, 0.2) is 0 Å². The van der Waals surface area contributed by atoms with Crippen LogP contribution in [0.5, 0.6) is 0 Å². The molecule has 20 heavy (non-hydrogen) atoms. The maximum atomic E-state index is 13.8. The summed E-state index contributed by atoms with van der Waals surface area (Å²) >= 11 is 3.42. The summed E-state index contributed by atoms with van der Waals surface area (Å²) in [4.78, 5) is 4.95. The Morgan fingerprint density at radius 3 is 2.85 bits per heavy atom. The number of hydrogen-bond acceptors (Lipinski definition) is 3. The quantitative estimate of drug-likeness (QED) is 0.907. The molecule has 0 saturated carbocycles. The van der Waals surface area contributed by atoms with E-state index in [4.69, 9.17) is 0 Å². The van der Waals surface area contributed by atoms with Crippen LogP contribution in [0.1, 0.15) is 12.0 Å². The molecule has 1 aromatic carbocycles. The monoisotopic (exact) mass is 341 g/mol. The molecule has 2 aliphatic heterocycles. The summed E-state index contributed by atoms with van der Waals surface area (Å²) in [5.74, 6) is -0.0983. The van der Waals surface area contributed by atoms with Crippen molar-refractivity contribution in [2.45, 2.75) is 19.0 Å².